The van der Waals surface area contributed by atoms with Crippen molar-refractivity contribution in [3.63, 3.8) is 0 Å². The third-order valence-electron chi connectivity index (χ3n) is 6.47. The van der Waals surface area contributed by atoms with Crippen LogP contribution >= 0.6 is 86.9 Å². The number of hydrogen-bond donors (Lipinski definition) is 0. The van der Waals surface area contributed by atoms with Gasteiger partial charge in [-0.2, -0.15) is 0 Å². The Balaban J connectivity index is 1.79. The number of halogens is 6. The summed E-state index contributed by atoms with van der Waals surface area (Å²) in [5.74, 6) is 0. The van der Waals surface area contributed by atoms with Crippen LogP contribution in [-0.2, 0) is 9.75 Å². The molecular formula is C26H12Br4Cl2. The van der Waals surface area contributed by atoms with Crippen LogP contribution in [0.1, 0.15) is 22.3 Å². The van der Waals surface area contributed by atoms with Crippen LogP contribution in [-0.4, -0.2) is 0 Å². The summed E-state index contributed by atoms with van der Waals surface area (Å²) in [5.41, 5.74) is 8.39. The van der Waals surface area contributed by atoms with E-state index >= 15 is 0 Å². The maximum atomic E-state index is 7.88. The first kappa shape index (κ1) is 21.9. The van der Waals surface area contributed by atoms with E-state index in [9.17, 15) is 0 Å². The molecule has 0 aliphatic heterocycles. The molecule has 4 aromatic rings. The van der Waals surface area contributed by atoms with E-state index in [0.717, 1.165) is 62.4 Å². The summed E-state index contributed by atoms with van der Waals surface area (Å²) >= 11 is 30.4. The van der Waals surface area contributed by atoms with E-state index in [1.165, 1.54) is 0 Å². The second-order valence-electron chi connectivity index (χ2n) is 8.08. The first-order valence-corrected chi connectivity index (χ1v) is 13.8. The summed E-state index contributed by atoms with van der Waals surface area (Å²) in [6.45, 7) is 0. The Hall–Kier alpha value is -0.620. The molecule has 0 heterocycles. The van der Waals surface area contributed by atoms with Crippen LogP contribution in [0, 0.1) is 0 Å². The summed E-state index contributed by atoms with van der Waals surface area (Å²) in [5, 5.41) is 0. The SMILES string of the molecule is ClC1(C2(Cl)c3cc(Br)ccc3-c3ccc(Br)cc32)c2cc(Br)ccc2-c2ccc(Br)cc21. The largest absolute Gasteiger partial charge is 0.123 e. The zero-order valence-corrected chi connectivity index (χ0v) is 24.1. The van der Waals surface area contributed by atoms with Crippen LogP contribution in [0.5, 0.6) is 0 Å². The van der Waals surface area contributed by atoms with Crippen LogP contribution in [0.3, 0.4) is 0 Å². The molecule has 0 fully saturated rings. The van der Waals surface area contributed by atoms with Gasteiger partial charge >= 0.3 is 0 Å². The Morgan fingerprint density at radius 3 is 0.844 bits per heavy atom. The normalized spacial score (nSPS) is 16.3. The molecule has 0 N–H and O–H groups in total. The molecule has 0 radical (unpaired) electrons. The van der Waals surface area contributed by atoms with Gasteiger partial charge in [0.25, 0.3) is 0 Å². The van der Waals surface area contributed by atoms with Gasteiger partial charge in [-0.05, 0) is 93.0 Å². The number of alkyl halides is 2. The Morgan fingerprint density at radius 2 is 0.625 bits per heavy atom. The number of benzene rings is 4. The first-order chi connectivity index (χ1) is 15.2. The Labute approximate surface area is 229 Å². The van der Waals surface area contributed by atoms with Gasteiger partial charge in [-0.3, -0.25) is 0 Å². The number of hydrogen-bond acceptors (Lipinski definition) is 0. The lowest BCUT2D eigenvalue weighted by Gasteiger charge is -2.40. The highest BCUT2D eigenvalue weighted by atomic mass is 79.9. The molecule has 0 unspecified atom stereocenters. The fourth-order valence-corrected chi connectivity index (χ4v) is 7.65. The highest BCUT2D eigenvalue weighted by Gasteiger charge is 2.61. The average Bonchev–Trinajstić information content (AvgIpc) is 3.16. The molecule has 6 rings (SSSR count). The van der Waals surface area contributed by atoms with E-state index in [-0.39, 0.29) is 0 Å². The topological polar surface area (TPSA) is 0 Å². The van der Waals surface area contributed by atoms with Crippen LogP contribution in [0.4, 0.5) is 0 Å². The Bertz CT molecular complexity index is 1250. The predicted molar refractivity (Wildman–Crippen MR) is 148 cm³/mol. The lowest BCUT2D eigenvalue weighted by Crippen LogP contribution is -2.40. The summed E-state index contributed by atoms with van der Waals surface area (Å²) in [7, 11) is 0. The van der Waals surface area contributed by atoms with E-state index in [1.807, 2.05) is 0 Å². The average molecular weight is 715 g/mol. The molecule has 0 aromatic heterocycles. The van der Waals surface area contributed by atoms with Gasteiger partial charge in [-0.15, -0.1) is 23.2 Å². The van der Waals surface area contributed by atoms with E-state index in [4.69, 9.17) is 23.2 Å². The molecule has 2 aliphatic carbocycles. The minimum absolute atomic E-state index is 0.968. The van der Waals surface area contributed by atoms with Gasteiger partial charge < -0.3 is 0 Å². The van der Waals surface area contributed by atoms with Crippen molar-refractivity contribution < 1.29 is 0 Å². The van der Waals surface area contributed by atoms with Crippen LogP contribution in [0.15, 0.2) is 90.7 Å². The summed E-state index contributed by atoms with van der Waals surface area (Å²) in [4.78, 5) is -2.07. The Kier molecular flexibility index (Phi) is 5.09. The highest BCUT2D eigenvalue weighted by molar-refractivity contribution is 9.11. The standard InChI is InChI=1S/C26H12Br4Cl2/c27-13-1-5-17-18-6-2-14(28)10-22(18)25(31,21(17)9-13)26(32)23-11-15(29)3-7-19(23)20-8-4-16(30)12-24(20)26/h1-12H. The van der Waals surface area contributed by atoms with E-state index in [2.05, 4.69) is 137 Å². The molecule has 0 amide bonds. The van der Waals surface area contributed by atoms with Crippen molar-refractivity contribution in [1.29, 1.82) is 0 Å². The molecule has 0 spiro atoms. The predicted octanol–water partition coefficient (Wildman–Crippen LogP) is 10.4. The molecule has 6 heteroatoms. The second kappa shape index (κ2) is 7.44. The first-order valence-electron chi connectivity index (χ1n) is 9.84. The van der Waals surface area contributed by atoms with Crippen LogP contribution < -0.4 is 0 Å². The van der Waals surface area contributed by atoms with Gasteiger partial charge in [0.2, 0.25) is 0 Å². The summed E-state index contributed by atoms with van der Waals surface area (Å²) in [6, 6.07) is 25.1. The fourth-order valence-electron chi connectivity index (χ4n) is 5.18. The minimum Gasteiger partial charge on any atom is -0.106 e. The third kappa shape index (κ3) is 2.77. The maximum absolute atomic E-state index is 7.88. The third-order valence-corrected chi connectivity index (χ3v) is 9.92. The van der Waals surface area contributed by atoms with Crippen molar-refractivity contribution in [1.82, 2.24) is 0 Å². The maximum Gasteiger partial charge on any atom is 0.123 e. The van der Waals surface area contributed by atoms with Gasteiger partial charge in [0.1, 0.15) is 9.75 Å². The molecule has 0 atom stereocenters. The lowest BCUT2D eigenvalue weighted by atomic mass is 9.76. The van der Waals surface area contributed by atoms with Crippen LogP contribution in [0.2, 0.25) is 0 Å². The van der Waals surface area contributed by atoms with Crippen molar-refractivity contribution in [2.75, 3.05) is 0 Å². The monoisotopic (exact) mass is 710 g/mol. The van der Waals surface area contributed by atoms with E-state index < -0.39 is 9.75 Å². The van der Waals surface area contributed by atoms with Gasteiger partial charge in [-0.25, -0.2) is 0 Å². The second-order valence-corrected chi connectivity index (χ2v) is 12.9. The van der Waals surface area contributed by atoms with Crippen molar-refractivity contribution in [2.45, 2.75) is 9.75 Å². The fraction of sp³-hybridized carbons (Fsp3) is 0.0769. The molecular weight excluding hydrogens is 703 g/mol. The smallest absolute Gasteiger partial charge is 0.106 e. The van der Waals surface area contributed by atoms with Gasteiger partial charge in [-0.1, -0.05) is 88.0 Å². The molecule has 0 saturated carbocycles. The van der Waals surface area contributed by atoms with Gasteiger partial charge in [0, 0.05) is 17.9 Å². The quantitative estimate of drug-likeness (QED) is 0.172. The van der Waals surface area contributed by atoms with Crippen molar-refractivity contribution in [3.8, 4) is 22.3 Å². The molecule has 2 aliphatic rings. The molecule has 0 saturated heterocycles. The van der Waals surface area contributed by atoms with E-state index in [1.54, 1.807) is 0 Å². The zero-order chi connectivity index (χ0) is 22.4. The molecule has 0 nitrogen and oxygen atoms in total. The molecule has 32 heavy (non-hydrogen) atoms. The minimum atomic E-state index is -1.03. The number of fused-ring (bicyclic) bond motifs is 6. The van der Waals surface area contributed by atoms with Crippen molar-refractivity contribution in [3.05, 3.63) is 113 Å². The zero-order valence-electron chi connectivity index (χ0n) is 16.2. The summed E-state index contributed by atoms with van der Waals surface area (Å²) < 4.78 is 3.87. The van der Waals surface area contributed by atoms with Gasteiger partial charge in [0.15, 0.2) is 0 Å². The van der Waals surface area contributed by atoms with Crippen LogP contribution in [0.25, 0.3) is 22.3 Å². The lowest BCUT2D eigenvalue weighted by molar-refractivity contribution is 0.584. The summed E-state index contributed by atoms with van der Waals surface area (Å²) in [6.07, 6.45) is 0. The number of rotatable bonds is 1. The molecule has 0 bridgehead atoms. The van der Waals surface area contributed by atoms with Crippen molar-refractivity contribution >= 4 is 86.9 Å². The van der Waals surface area contributed by atoms with Gasteiger partial charge in [0.05, 0.1) is 0 Å². The molecule has 158 valence electrons. The van der Waals surface area contributed by atoms with E-state index in [0.29, 0.717) is 0 Å². The highest BCUT2D eigenvalue weighted by Crippen LogP contribution is 2.69. The Morgan fingerprint density at radius 1 is 0.406 bits per heavy atom. The van der Waals surface area contributed by atoms with Crippen molar-refractivity contribution in [2.24, 2.45) is 0 Å². The molecule has 4 aromatic carbocycles.